The standard InChI is InChI=1S/C20H26ClN3.C18H25N/c21-24(13-6-12-22)20(18-8-2-1-3-9-18)16-23-14-11-17-7-4-5-10-19(17)15-23;1-3-8-18-15-19(14-12-17(18)4-2)13-11-16-9-6-5-7-10-16/h1-5,7-10,20H,6,11-16,22H2;3,5-10H,4,11-15H2,1-2H3/b;8-3-. The van der Waals surface area contributed by atoms with Gasteiger partial charge in [0.2, 0.25) is 0 Å². The van der Waals surface area contributed by atoms with Crippen LogP contribution in [0.3, 0.4) is 0 Å². The van der Waals surface area contributed by atoms with E-state index in [0.717, 1.165) is 52.0 Å². The van der Waals surface area contributed by atoms with Gasteiger partial charge in [-0.2, -0.15) is 0 Å². The summed E-state index contributed by atoms with van der Waals surface area (Å²) in [5.74, 6) is 0. The maximum absolute atomic E-state index is 6.63. The largest absolute Gasteiger partial charge is 0.330 e. The molecule has 0 amide bonds. The molecule has 3 aromatic carbocycles. The highest BCUT2D eigenvalue weighted by Gasteiger charge is 2.24. The second kappa shape index (κ2) is 18.2. The van der Waals surface area contributed by atoms with Gasteiger partial charge < -0.3 is 5.73 Å². The quantitative estimate of drug-likeness (QED) is 0.216. The number of hydrogen-bond donors (Lipinski definition) is 1. The summed E-state index contributed by atoms with van der Waals surface area (Å²) in [6.07, 6.45) is 10.1. The first-order valence-corrected chi connectivity index (χ1v) is 16.5. The van der Waals surface area contributed by atoms with E-state index in [9.17, 15) is 0 Å². The molecule has 5 rings (SSSR count). The Labute approximate surface area is 265 Å². The molecule has 230 valence electrons. The lowest BCUT2D eigenvalue weighted by atomic mass is 9.97. The van der Waals surface area contributed by atoms with Crippen LogP contribution < -0.4 is 5.73 Å². The number of halogens is 1. The summed E-state index contributed by atoms with van der Waals surface area (Å²) in [5.41, 5.74) is 14.5. The van der Waals surface area contributed by atoms with Crippen LogP contribution in [0.1, 0.15) is 61.4 Å². The highest BCUT2D eigenvalue weighted by atomic mass is 35.5. The fraction of sp³-hybridized carbons (Fsp3) is 0.421. The van der Waals surface area contributed by atoms with Crippen molar-refractivity contribution in [2.45, 2.75) is 58.5 Å². The fourth-order valence-electron chi connectivity index (χ4n) is 6.17. The number of allylic oxidation sites excluding steroid dienone is 1. The van der Waals surface area contributed by atoms with E-state index in [1.54, 1.807) is 11.1 Å². The van der Waals surface area contributed by atoms with Crippen LogP contribution >= 0.6 is 11.8 Å². The van der Waals surface area contributed by atoms with Gasteiger partial charge in [-0.15, -0.1) is 0 Å². The first-order valence-electron chi connectivity index (χ1n) is 16.2. The third-order valence-electron chi connectivity index (χ3n) is 8.67. The van der Waals surface area contributed by atoms with Crippen molar-refractivity contribution in [1.82, 2.24) is 14.2 Å². The van der Waals surface area contributed by atoms with Gasteiger partial charge in [-0.3, -0.25) is 9.80 Å². The van der Waals surface area contributed by atoms with Crippen molar-refractivity contribution < 1.29 is 0 Å². The minimum Gasteiger partial charge on any atom is -0.330 e. The summed E-state index contributed by atoms with van der Waals surface area (Å²) in [7, 11) is 0. The van der Waals surface area contributed by atoms with Gasteiger partial charge in [0.05, 0.1) is 6.04 Å². The smallest absolute Gasteiger partial charge is 0.0628 e. The Morgan fingerprint density at radius 2 is 1.53 bits per heavy atom. The van der Waals surface area contributed by atoms with Crippen molar-refractivity contribution in [2.75, 3.05) is 45.8 Å². The predicted molar refractivity (Wildman–Crippen MR) is 184 cm³/mol. The van der Waals surface area contributed by atoms with E-state index in [1.807, 2.05) is 4.42 Å². The van der Waals surface area contributed by atoms with Crippen LogP contribution in [0, 0.1) is 0 Å². The molecular formula is C38H51ClN4. The van der Waals surface area contributed by atoms with Crippen LogP contribution in [-0.2, 0) is 19.4 Å². The van der Waals surface area contributed by atoms with Crippen LogP contribution in [0.2, 0.25) is 0 Å². The number of hydrogen-bond acceptors (Lipinski definition) is 4. The van der Waals surface area contributed by atoms with Crippen molar-refractivity contribution in [1.29, 1.82) is 0 Å². The van der Waals surface area contributed by atoms with Crippen molar-refractivity contribution in [3.8, 4) is 0 Å². The molecule has 0 bridgehead atoms. The zero-order valence-corrected chi connectivity index (χ0v) is 27.1. The molecule has 0 fully saturated rings. The van der Waals surface area contributed by atoms with Gasteiger partial charge >= 0.3 is 0 Å². The number of nitrogens with two attached hydrogens (primary N) is 1. The Hall–Kier alpha value is -2.73. The molecule has 0 spiro atoms. The van der Waals surface area contributed by atoms with Crippen molar-refractivity contribution in [3.63, 3.8) is 0 Å². The first kappa shape index (κ1) is 33.2. The molecule has 4 nitrogen and oxygen atoms in total. The summed E-state index contributed by atoms with van der Waals surface area (Å²) in [4.78, 5) is 5.10. The van der Waals surface area contributed by atoms with Crippen LogP contribution in [0.15, 0.2) is 108 Å². The molecule has 1 unspecified atom stereocenters. The monoisotopic (exact) mass is 598 g/mol. The van der Waals surface area contributed by atoms with E-state index in [0.29, 0.717) is 6.54 Å². The summed E-state index contributed by atoms with van der Waals surface area (Å²) in [6.45, 7) is 12.4. The maximum Gasteiger partial charge on any atom is 0.0628 e. The number of benzene rings is 3. The van der Waals surface area contributed by atoms with Crippen LogP contribution in [0.5, 0.6) is 0 Å². The molecule has 2 aliphatic heterocycles. The fourth-order valence-corrected chi connectivity index (χ4v) is 6.46. The topological polar surface area (TPSA) is 35.7 Å². The summed E-state index contributed by atoms with van der Waals surface area (Å²) in [6, 6.07) is 30.3. The Bertz CT molecular complexity index is 1270. The molecule has 2 N–H and O–H groups in total. The van der Waals surface area contributed by atoms with E-state index in [2.05, 4.69) is 121 Å². The molecule has 0 aromatic heterocycles. The van der Waals surface area contributed by atoms with Crippen molar-refractivity contribution in [3.05, 3.63) is 130 Å². The Morgan fingerprint density at radius 3 is 2.23 bits per heavy atom. The number of rotatable bonds is 12. The number of nitrogens with zero attached hydrogens (tertiary/aromatic N) is 3. The highest BCUT2D eigenvalue weighted by Crippen LogP contribution is 2.27. The zero-order chi connectivity index (χ0) is 30.3. The van der Waals surface area contributed by atoms with Gasteiger partial charge in [-0.05, 0) is 85.2 Å². The highest BCUT2D eigenvalue weighted by molar-refractivity contribution is 6.13. The molecule has 3 aromatic rings. The van der Waals surface area contributed by atoms with E-state index in [1.165, 1.54) is 48.2 Å². The van der Waals surface area contributed by atoms with Gasteiger partial charge in [0, 0.05) is 45.8 Å². The molecule has 1 atom stereocenters. The minimum absolute atomic E-state index is 0.185. The molecular weight excluding hydrogens is 548 g/mol. The second-order valence-electron chi connectivity index (χ2n) is 11.7. The maximum atomic E-state index is 6.63. The molecule has 2 aliphatic rings. The lowest BCUT2D eigenvalue weighted by Gasteiger charge is -2.34. The number of fused-ring (bicyclic) bond motifs is 1. The first-order chi connectivity index (χ1) is 21.1. The Morgan fingerprint density at radius 1 is 0.860 bits per heavy atom. The van der Waals surface area contributed by atoms with Gasteiger partial charge in [0.15, 0.2) is 0 Å². The molecule has 0 aliphatic carbocycles. The average molecular weight is 599 g/mol. The normalized spacial score (nSPS) is 16.7. The van der Waals surface area contributed by atoms with Crippen LogP contribution in [-0.4, -0.2) is 60.0 Å². The molecule has 43 heavy (non-hydrogen) atoms. The summed E-state index contributed by atoms with van der Waals surface area (Å²) in [5, 5.41) is 0. The average Bonchev–Trinajstić information content (AvgIpc) is 3.06. The SMILES string of the molecule is C/C=C\C1=C(CC)CCN(CCc2ccccc2)C1.NCCCN(Cl)C(CN1CCc2ccccc2C1)c1ccccc1. The third-order valence-corrected chi connectivity index (χ3v) is 9.08. The second-order valence-corrected chi connectivity index (χ2v) is 12.1. The van der Waals surface area contributed by atoms with Crippen LogP contribution in [0.4, 0.5) is 0 Å². The molecule has 0 saturated heterocycles. The molecule has 2 heterocycles. The van der Waals surface area contributed by atoms with Gasteiger partial charge in [0.1, 0.15) is 0 Å². The van der Waals surface area contributed by atoms with E-state index in [4.69, 9.17) is 17.5 Å². The Balaban J connectivity index is 0.000000203. The molecule has 0 radical (unpaired) electrons. The van der Waals surface area contributed by atoms with Gasteiger partial charge in [-0.25, -0.2) is 4.42 Å². The van der Waals surface area contributed by atoms with Crippen molar-refractivity contribution >= 4 is 11.8 Å². The lowest BCUT2D eigenvalue weighted by molar-refractivity contribution is 0.188. The lowest BCUT2D eigenvalue weighted by Crippen LogP contribution is -2.38. The summed E-state index contributed by atoms with van der Waals surface area (Å²) < 4.78 is 1.93. The van der Waals surface area contributed by atoms with E-state index in [-0.39, 0.29) is 6.04 Å². The van der Waals surface area contributed by atoms with Gasteiger partial charge in [-0.1, -0.05) is 110 Å². The van der Waals surface area contributed by atoms with E-state index >= 15 is 0 Å². The van der Waals surface area contributed by atoms with Crippen LogP contribution in [0.25, 0.3) is 0 Å². The minimum atomic E-state index is 0.185. The molecule has 5 heteroatoms. The summed E-state index contributed by atoms with van der Waals surface area (Å²) >= 11 is 6.63. The van der Waals surface area contributed by atoms with E-state index < -0.39 is 0 Å². The molecule has 0 saturated carbocycles. The van der Waals surface area contributed by atoms with Crippen molar-refractivity contribution in [2.24, 2.45) is 5.73 Å². The predicted octanol–water partition coefficient (Wildman–Crippen LogP) is 7.81. The third kappa shape index (κ3) is 10.4. The van der Waals surface area contributed by atoms with Gasteiger partial charge in [0.25, 0.3) is 0 Å². The Kier molecular flexibility index (Phi) is 14.0. The zero-order valence-electron chi connectivity index (χ0n) is 26.3.